The highest BCUT2D eigenvalue weighted by atomic mass is 79.9. The van der Waals surface area contributed by atoms with E-state index < -0.39 is 12.0 Å². The second kappa shape index (κ2) is 6.39. The van der Waals surface area contributed by atoms with Crippen LogP contribution in [0.3, 0.4) is 0 Å². The van der Waals surface area contributed by atoms with E-state index in [2.05, 4.69) is 21.2 Å². The van der Waals surface area contributed by atoms with E-state index in [4.69, 9.17) is 5.11 Å². The average molecular weight is 300 g/mol. The number of carbonyl (C=O) groups is 2. The maximum absolute atomic E-state index is 11.8. The Kier molecular flexibility index (Phi) is 5.15. The van der Waals surface area contributed by atoms with Gasteiger partial charge in [0.05, 0.1) is 0 Å². The van der Waals surface area contributed by atoms with Crippen LogP contribution in [0.5, 0.6) is 0 Å². The monoisotopic (exact) mass is 299 g/mol. The van der Waals surface area contributed by atoms with Crippen LogP contribution in [0.15, 0.2) is 28.7 Å². The number of rotatable bonds is 5. The SMILES string of the molecule is CCC[C@@H](NC(=O)c1ccc(Br)cc1)C(=O)O. The second-order valence-electron chi connectivity index (χ2n) is 3.66. The van der Waals surface area contributed by atoms with E-state index in [-0.39, 0.29) is 5.91 Å². The van der Waals surface area contributed by atoms with Gasteiger partial charge in [-0.15, -0.1) is 0 Å². The lowest BCUT2D eigenvalue weighted by atomic mass is 10.1. The summed E-state index contributed by atoms with van der Waals surface area (Å²) in [5.41, 5.74) is 0.454. The zero-order valence-electron chi connectivity index (χ0n) is 9.44. The summed E-state index contributed by atoms with van der Waals surface area (Å²) in [6.07, 6.45) is 1.13. The van der Waals surface area contributed by atoms with Crippen LogP contribution in [-0.4, -0.2) is 23.0 Å². The van der Waals surface area contributed by atoms with Crippen molar-refractivity contribution in [1.29, 1.82) is 0 Å². The van der Waals surface area contributed by atoms with Crippen LogP contribution in [0.4, 0.5) is 0 Å². The van der Waals surface area contributed by atoms with Gasteiger partial charge in [0, 0.05) is 10.0 Å². The van der Waals surface area contributed by atoms with E-state index in [9.17, 15) is 9.59 Å². The van der Waals surface area contributed by atoms with Gasteiger partial charge >= 0.3 is 5.97 Å². The third kappa shape index (κ3) is 4.19. The Hall–Kier alpha value is -1.36. The molecule has 0 heterocycles. The molecule has 1 amide bonds. The normalized spacial score (nSPS) is 11.9. The maximum Gasteiger partial charge on any atom is 0.326 e. The quantitative estimate of drug-likeness (QED) is 0.877. The molecule has 1 atom stereocenters. The molecule has 0 aliphatic rings. The van der Waals surface area contributed by atoms with Gasteiger partial charge in [0.25, 0.3) is 5.91 Å². The van der Waals surface area contributed by atoms with Crippen LogP contribution in [0.1, 0.15) is 30.1 Å². The van der Waals surface area contributed by atoms with Crippen LogP contribution < -0.4 is 5.32 Å². The molecule has 0 fully saturated rings. The van der Waals surface area contributed by atoms with Crippen LogP contribution in [0, 0.1) is 0 Å². The minimum atomic E-state index is -1.00. The molecule has 1 rings (SSSR count). The average Bonchev–Trinajstić information content (AvgIpc) is 2.29. The first-order valence-corrected chi connectivity index (χ1v) is 6.13. The molecule has 0 unspecified atom stereocenters. The molecule has 1 aromatic carbocycles. The van der Waals surface area contributed by atoms with Gasteiger partial charge < -0.3 is 10.4 Å². The lowest BCUT2D eigenvalue weighted by Gasteiger charge is -2.13. The summed E-state index contributed by atoms with van der Waals surface area (Å²) in [4.78, 5) is 22.6. The van der Waals surface area contributed by atoms with Gasteiger partial charge in [0.15, 0.2) is 0 Å². The highest BCUT2D eigenvalue weighted by molar-refractivity contribution is 9.10. The number of hydrogen-bond donors (Lipinski definition) is 2. The molecule has 92 valence electrons. The van der Waals surface area contributed by atoms with Gasteiger partial charge in [0.2, 0.25) is 0 Å². The molecule has 0 aliphatic heterocycles. The zero-order valence-corrected chi connectivity index (χ0v) is 11.0. The number of benzene rings is 1. The number of nitrogens with one attached hydrogen (secondary N) is 1. The molecule has 0 spiro atoms. The predicted octanol–water partition coefficient (Wildman–Crippen LogP) is 2.43. The molecular formula is C12H14BrNO3. The lowest BCUT2D eigenvalue weighted by molar-refractivity contribution is -0.139. The number of carbonyl (C=O) groups excluding carboxylic acids is 1. The van der Waals surface area contributed by atoms with E-state index in [1.54, 1.807) is 24.3 Å². The minimum absolute atomic E-state index is 0.363. The fourth-order valence-electron chi connectivity index (χ4n) is 1.39. The standard InChI is InChI=1S/C12H14BrNO3/c1-2-3-10(12(16)17)14-11(15)8-4-6-9(13)7-5-8/h4-7,10H,2-3H2,1H3,(H,14,15)(H,16,17)/t10-/m1/s1. The molecule has 2 N–H and O–H groups in total. The number of carboxylic acid groups (broad SMARTS) is 1. The van der Waals surface area contributed by atoms with E-state index in [0.717, 1.165) is 4.47 Å². The van der Waals surface area contributed by atoms with E-state index in [0.29, 0.717) is 18.4 Å². The topological polar surface area (TPSA) is 66.4 Å². The van der Waals surface area contributed by atoms with Gasteiger partial charge in [-0.3, -0.25) is 4.79 Å². The Morgan fingerprint density at radius 3 is 2.41 bits per heavy atom. The van der Waals surface area contributed by atoms with Crippen LogP contribution in [0.2, 0.25) is 0 Å². The van der Waals surface area contributed by atoms with Crippen molar-refractivity contribution in [3.63, 3.8) is 0 Å². The summed E-state index contributed by atoms with van der Waals surface area (Å²) in [6.45, 7) is 1.88. The minimum Gasteiger partial charge on any atom is -0.480 e. The zero-order chi connectivity index (χ0) is 12.8. The smallest absolute Gasteiger partial charge is 0.326 e. The van der Waals surface area contributed by atoms with Crippen LogP contribution >= 0.6 is 15.9 Å². The summed E-state index contributed by atoms with van der Waals surface area (Å²) < 4.78 is 0.873. The van der Waals surface area contributed by atoms with E-state index in [1.165, 1.54) is 0 Å². The van der Waals surface area contributed by atoms with Crippen molar-refractivity contribution in [1.82, 2.24) is 5.32 Å². The number of amides is 1. The molecule has 1 aromatic rings. The van der Waals surface area contributed by atoms with Crippen LogP contribution in [-0.2, 0) is 4.79 Å². The van der Waals surface area contributed by atoms with E-state index >= 15 is 0 Å². The number of aliphatic carboxylic acids is 1. The Bertz CT molecular complexity index is 403. The molecule has 0 bridgehead atoms. The highest BCUT2D eigenvalue weighted by Gasteiger charge is 2.19. The van der Waals surface area contributed by atoms with Gasteiger partial charge in [0.1, 0.15) is 6.04 Å². The van der Waals surface area contributed by atoms with Crippen LogP contribution in [0.25, 0.3) is 0 Å². The number of halogens is 1. The summed E-state index contributed by atoms with van der Waals surface area (Å²) in [7, 11) is 0. The largest absolute Gasteiger partial charge is 0.480 e. The van der Waals surface area contributed by atoms with Crippen molar-refractivity contribution >= 4 is 27.8 Å². The molecule has 17 heavy (non-hydrogen) atoms. The summed E-state index contributed by atoms with van der Waals surface area (Å²) in [6, 6.07) is 5.94. The third-order valence-corrected chi connectivity index (χ3v) is 2.82. The maximum atomic E-state index is 11.8. The predicted molar refractivity (Wildman–Crippen MR) is 67.9 cm³/mol. The molecule has 0 radical (unpaired) electrons. The summed E-state index contributed by atoms with van der Waals surface area (Å²) in [5, 5.41) is 11.4. The summed E-state index contributed by atoms with van der Waals surface area (Å²) in [5.74, 6) is -1.37. The third-order valence-electron chi connectivity index (χ3n) is 2.29. The Labute approximate surface area is 108 Å². The van der Waals surface area contributed by atoms with Crippen molar-refractivity contribution in [2.45, 2.75) is 25.8 Å². The second-order valence-corrected chi connectivity index (χ2v) is 4.58. The first-order chi connectivity index (χ1) is 8.04. The highest BCUT2D eigenvalue weighted by Crippen LogP contribution is 2.10. The molecule has 0 aromatic heterocycles. The first-order valence-electron chi connectivity index (χ1n) is 5.33. The Balaban J connectivity index is 2.70. The van der Waals surface area contributed by atoms with Gasteiger partial charge in [-0.25, -0.2) is 4.79 Å². The molecule has 0 aliphatic carbocycles. The fraction of sp³-hybridized carbons (Fsp3) is 0.333. The lowest BCUT2D eigenvalue weighted by Crippen LogP contribution is -2.40. The Morgan fingerprint density at radius 1 is 1.35 bits per heavy atom. The molecule has 0 saturated carbocycles. The van der Waals surface area contributed by atoms with Crippen molar-refractivity contribution in [3.8, 4) is 0 Å². The number of hydrogen-bond acceptors (Lipinski definition) is 2. The van der Waals surface area contributed by atoms with Gasteiger partial charge in [-0.1, -0.05) is 29.3 Å². The summed E-state index contributed by atoms with van der Waals surface area (Å²) >= 11 is 3.27. The van der Waals surface area contributed by atoms with Crippen molar-refractivity contribution in [2.24, 2.45) is 0 Å². The fourth-order valence-corrected chi connectivity index (χ4v) is 1.65. The van der Waals surface area contributed by atoms with Gasteiger partial charge in [-0.05, 0) is 30.7 Å². The van der Waals surface area contributed by atoms with Gasteiger partial charge in [-0.2, -0.15) is 0 Å². The molecular weight excluding hydrogens is 286 g/mol. The molecule has 4 nitrogen and oxygen atoms in total. The first kappa shape index (κ1) is 13.7. The van der Waals surface area contributed by atoms with Crippen molar-refractivity contribution in [2.75, 3.05) is 0 Å². The molecule has 5 heteroatoms. The van der Waals surface area contributed by atoms with Crippen molar-refractivity contribution < 1.29 is 14.7 Å². The Morgan fingerprint density at radius 2 is 1.94 bits per heavy atom. The number of carboxylic acids is 1. The molecule has 0 saturated heterocycles. The van der Waals surface area contributed by atoms with Crippen molar-refractivity contribution in [3.05, 3.63) is 34.3 Å². The van der Waals surface area contributed by atoms with E-state index in [1.807, 2.05) is 6.92 Å².